The van der Waals surface area contributed by atoms with Gasteiger partial charge in [-0.1, -0.05) is 12.1 Å². The topological polar surface area (TPSA) is 63.4 Å². The van der Waals surface area contributed by atoms with Gasteiger partial charge in [0.1, 0.15) is 0 Å². The molecule has 1 unspecified atom stereocenters. The predicted octanol–water partition coefficient (Wildman–Crippen LogP) is 4.03. The molecule has 1 rings (SSSR count). The summed E-state index contributed by atoms with van der Waals surface area (Å²) >= 11 is 0. The zero-order valence-electron chi connectivity index (χ0n) is 11.4. The number of nitro groups is 1. The summed E-state index contributed by atoms with van der Waals surface area (Å²) in [5.74, 6) is -12.0. The van der Waals surface area contributed by atoms with Crippen LogP contribution in [0.15, 0.2) is 24.3 Å². The van der Waals surface area contributed by atoms with Crippen LogP contribution in [-0.2, 0) is 5.60 Å². The first kappa shape index (κ1) is 19.1. The molecule has 1 aromatic rings. The number of non-ortho nitro benzene ring substituents is 1. The molecular weight excluding hydrogens is 339 g/mol. The molecule has 1 N–H and O–H groups in total. The van der Waals surface area contributed by atoms with E-state index in [1.54, 1.807) is 0 Å². The molecule has 0 aliphatic carbocycles. The summed E-state index contributed by atoms with van der Waals surface area (Å²) in [6.45, 7) is 0.562. The third-order valence-corrected chi connectivity index (χ3v) is 3.06. The van der Waals surface area contributed by atoms with Gasteiger partial charge < -0.3 is 5.11 Å². The molecule has 0 aliphatic heterocycles. The molecule has 0 fully saturated rings. The number of benzene rings is 1. The largest absolute Gasteiger partial charge is 0.459 e. The fourth-order valence-corrected chi connectivity index (χ4v) is 1.81. The number of nitrogens with zero attached hydrogens (tertiary/aromatic N) is 1. The molecule has 0 aromatic heterocycles. The zero-order chi connectivity index (χ0) is 18.3. The van der Waals surface area contributed by atoms with Crippen molar-refractivity contribution in [3.8, 4) is 0 Å². The number of alkyl halides is 7. The minimum atomic E-state index is -6.52. The lowest BCUT2D eigenvalue weighted by Crippen LogP contribution is -2.54. The second-order valence-electron chi connectivity index (χ2n) is 5.03. The van der Waals surface area contributed by atoms with E-state index in [1.165, 1.54) is 0 Å². The maximum Gasteiger partial charge on any atom is 0.459 e. The second kappa shape index (κ2) is 5.62. The number of nitro benzene ring substituents is 1. The highest BCUT2D eigenvalue weighted by molar-refractivity contribution is 5.37. The van der Waals surface area contributed by atoms with Crippen molar-refractivity contribution in [3.05, 3.63) is 39.9 Å². The van der Waals surface area contributed by atoms with E-state index in [0.717, 1.165) is 18.2 Å². The molecule has 130 valence electrons. The van der Waals surface area contributed by atoms with Crippen LogP contribution >= 0.6 is 0 Å². The van der Waals surface area contributed by atoms with Gasteiger partial charge in [0.2, 0.25) is 0 Å². The summed E-state index contributed by atoms with van der Waals surface area (Å²) in [4.78, 5) is 9.62. The number of rotatable bonds is 5. The molecule has 0 saturated heterocycles. The average molecular weight is 349 g/mol. The van der Waals surface area contributed by atoms with E-state index in [0.29, 0.717) is 13.0 Å². The van der Waals surface area contributed by atoms with E-state index >= 15 is 0 Å². The van der Waals surface area contributed by atoms with Crippen LogP contribution in [0.4, 0.5) is 36.4 Å². The molecule has 4 nitrogen and oxygen atoms in total. The molecule has 0 bridgehead atoms. The first-order valence-corrected chi connectivity index (χ1v) is 5.91. The van der Waals surface area contributed by atoms with Crippen LogP contribution in [-0.4, -0.2) is 28.1 Å². The molecule has 0 saturated carbocycles. The predicted molar refractivity (Wildman–Crippen MR) is 63.2 cm³/mol. The van der Waals surface area contributed by atoms with Crippen LogP contribution in [0.3, 0.4) is 0 Å². The van der Waals surface area contributed by atoms with Gasteiger partial charge >= 0.3 is 18.0 Å². The first-order chi connectivity index (χ1) is 10.1. The monoisotopic (exact) mass is 349 g/mol. The van der Waals surface area contributed by atoms with Gasteiger partial charge in [0.15, 0.2) is 0 Å². The van der Waals surface area contributed by atoms with E-state index in [4.69, 9.17) is 0 Å². The lowest BCUT2D eigenvalue weighted by Gasteiger charge is -2.33. The maximum absolute atomic E-state index is 13.4. The Morgan fingerprint density at radius 2 is 1.65 bits per heavy atom. The maximum atomic E-state index is 13.4. The van der Waals surface area contributed by atoms with Crippen molar-refractivity contribution in [1.82, 2.24) is 0 Å². The summed E-state index contributed by atoms with van der Waals surface area (Å²) in [5, 5.41) is 20.4. The van der Waals surface area contributed by atoms with Gasteiger partial charge in [0.25, 0.3) is 5.69 Å². The fraction of sp³-hybridized carbons (Fsp3) is 0.500. The van der Waals surface area contributed by atoms with Crippen molar-refractivity contribution in [2.45, 2.75) is 37.0 Å². The van der Waals surface area contributed by atoms with Gasteiger partial charge in [0, 0.05) is 12.1 Å². The van der Waals surface area contributed by atoms with E-state index in [9.17, 15) is 46.0 Å². The summed E-state index contributed by atoms with van der Waals surface area (Å²) in [5.41, 5.74) is -4.09. The van der Waals surface area contributed by atoms with E-state index in [2.05, 4.69) is 0 Å². The molecule has 1 atom stereocenters. The molecule has 0 amide bonds. The van der Waals surface area contributed by atoms with E-state index < -0.39 is 46.2 Å². The van der Waals surface area contributed by atoms with Crippen molar-refractivity contribution in [3.63, 3.8) is 0 Å². The molecular formula is C12H10F7NO3. The molecule has 0 aliphatic rings. The Hall–Kier alpha value is -1.91. The zero-order valence-corrected chi connectivity index (χ0v) is 11.4. The molecule has 0 spiro atoms. The van der Waals surface area contributed by atoms with Gasteiger partial charge in [-0.05, 0) is 12.5 Å². The van der Waals surface area contributed by atoms with Crippen molar-refractivity contribution in [2.75, 3.05) is 0 Å². The van der Waals surface area contributed by atoms with Crippen molar-refractivity contribution in [2.24, 2.45) is 0 Å². The molecule has 0 heterocycles. The van der Waals surface area contributed by atoms with Gasteiger partial charge in [-0.15, -0.1) is 0 Å². The Balaban J connectivity index is 3.20. The van der Waals surface area contributed by atoms with Crippen LogP contribution in [0.5, 0.6) is 0 Å². The first-order valence-electron chi connectivity index (χ1n) is 5.91. The van der Waals surface area contributed by atoms with Crippen LogP contribution in [0.1, 0.15) is 18.9 Å². The van der Waals surface area contributed by atoms with Crippen molar-refractivity contribution >= 4 is 5.69 Å². The van der Waals surface area contributed by atoms with Crippen LogP contribution in [0.25, 0.3) is 0 Å². The standard InChI is InChI=1S/C12H10F7NO3/c1-9(21,7-3-2-4-8(5-7)20(22)23)6-10(13,14)11(15,16)12(17,18)19/h2-5,21H,6H2,1H3. The van der Waals surface area contributed by atoms with Gasteiger partial charge in [-0.2, -0.15) is 30.7 Å². The normalized spacial score (nSPS) is 16.0. The minimum Gasteiger partial charge on any atom is -0.385 e. The van der Waals surface area contributed by atoms with Gasteiger partial charge in [-0.25, -0.2) is 0 Å². The average Bonchev–Trinajstić information content (AvgIpc) is 2.36. The third kappa shape index (κ3) is 3.71. The van der Waals surface area contributed by atoms with Crippen LogP contribution in [0.2, 0.25) is 0 Å². The van der Waals surface area contributed by atoms with Gasteiger partial charge in [-0.3, -0.25) is 10.1 Å². The van der Waals surface area contributed by atoms with Crippen LogP contribution < -0.4 is 0 Å². The Kier molecular flexibility index (Phi) is 4.68. The Morgan fingerprint density at radius 1 is 1.13 bits per heavy atom. The quantitative estimate of drug-likeness (QED) is 0.496. The minimum absolute atomic E-state index is 0.562. The lowest BCUT2D eigenvalue weighted by atomic mass is 9.87. The highest BCUT2D eigenvalue weighted by Gasteiger charge is 2.73. The van der Waals surface area contributed by atoms with E-state index in [-0.39, 0.29) is 0 Å². The number of aliphatic hydroxyl groups is 1. The number of halogens is 7. The second-order valence-corrected chi connectivity index (χ2v) is 5.03. The van der Waals surface area contributed by atoms with Gasteiger partial charge in [0.05, 0.1) is 16.9 Å². The summed E-state index contributed by atoms with van der Waals surface area (Å²) in [7, 11) is 0. The molecule has 23 heavy (non-hydrogen) atoms. The van der Waals surface area contributed by atoms with Crippen molar-refractivity contribution < 1.29 is 40.8 Å². The lowest BCUT2D eigenvalue weighted by molar-refractivity contribution is -0.385. The highest BCUT2D eigenvalue weighted by Crippen LogP contribution is 2.50. The number of hydrogen-bond acceptors (Lipinski definition) is 3. The third-order valence-electron chi connectivity index (χ3n) is 3.06. The fourth-order valence-electron chi connectivity index (χ4n) is 1.81. The smallest absolute Gasteiger partial charge is 0.385 e. The highest BCUT2D eigenvalue weighted by atomic mass is 19.4. The Bertz CT molecular complexity index is 599. The Labute approximate surface area is 124 Å². The summed E-state index contributed by atoms with van der Waals surface area (Å²) in [6.07, 6.45) is -8.80. The van der Waals surface area contributed by atoms with Crippen molar-refractivity contribution in [1.29, 1.82) is 0 Å². The Morgan fingerprint density at radius 3 is 2.09 bits per heavy atom. The number of hydrogen-bond donors (Lipinski definition) is 1. The molecule has 1 aromatic carbocycles. The summed E-state index contributed by atoms with van der Waals surface area (Å²) in [6, 6.07) is 3.42. The molecule has 11 heteroatoms. The summed E-state index contributed by atoms with van der Waals surface area (Å²) < 4.78 is 88.7. The SMILES string of the molecule is CC(O)(CC(F)(F)C(F)(F)C(F)(F)F)c1cccc([N+](=O)[O-])c1. The van der Waals surface area contributed by atoms with Crippen LogP contribution in [0, 0.1) is 10.1 Å². The molecule has 0 radical (unpaired) electrons. The van der Waals surface area contributed by atoms with E-state index in [1.807, 2.05) is 0 Å².